The van der Waals surface area contributed by atoms with E-state index in [0.717, 1.165) is 36.7 Å². The van der Waals surface area contributed by atoms with Gasteiger partial charge in [0.25, 0.3) is 0 Å². The van der Waals surface area contributed by atoms with Crippen LogP contribution in [0.5, 0.6) is 34.5 Å². The van der Waals surface area contributed by atoms with Gasteiger partial charge in [0.2, 0.25) is 0 Å². The van der Waals surface area contributed by atoms with Gasteiger partial charge >= 0.3 is 29.9 Å². The number of pyridine rings is 1. The summed E-state index contributed by atoms with van der Waals surface area (Å²) in [6, 6.07) is 13.9. The summed E-state index contributed by atoms with van der Waals surface area (Å²) in [7, 11) is 11.0. The zero-order valence-electron chi connectivity index (χ0n) is 34.1. The third kappa shape index (κ3) is 11.4. The average Bonchev–Trinajstić information content (AvgIpc) is 3.54. The van der Waals surface area contributed by atoms with Crippen molar-refractivity contribution in [2.24, 2.45) is 0 Å². The predicted octanol–water partition coefficient (Wildman–Crippen LogP) is 7.38. The Morgan fingerprint density at radius 1 is 0.694 bits per heavy atom. The fraction of sp³-hybridized carbons (Fsp3) is 0.341. The third-order valence-electron chi connectivity index (χ3n) is 8.89. The van der Waals surface area contributed by atoms with Crippen molar-refractivity contribution in [3.05, 3.63) is 65.1 Å². The standard InChI is InChI=1S/C37H41N3O8.2C2HF3O2/c1-38(2)12-7-15-46-31-20-25-29(21-32(31)47-16-8-13-39(3)4)48-37(43)36-34(25)33(23-9-10-28(44-5)26(41)18-23)35-24-19-30(45-6)27(42)17-22(24)11-14-40(35)36;2*3-2(4,5)1(6)7/h9-11,14,17-21,41-42H,7-8,12-13,15-16H2,1-6H3;2*(H,6,7). The van der Waals surface area contributed by atoms with E-state index < -0.39 is 29.9 Å². The van der Waals surface area contributed by atoms with Crippen LogP contribution >= 0.6 is 0 Å². The lowest BCUT2D eigenvalue weighted by Crippen LogP contribution is -2.21. The molecule has 0 aliphatic heterocycles. The Morgan fingerprint density at radius 2 is 1.19 bits per heavy atom. The first-order chi connectivity index (χ1) is 29.0. The molecule has 0 bridgehead atoms. The molecule has 3 aromatic heterocycles. The molecular formula is C41H43F6N3O12. The number of methoxy groups -OCH3 is 2. The molecule has 15 nitrogen and oxygen atoms in total. The van der Waals surface area contributed by atoms with E-state index in [1.807, 2.05) is 46.4 Å². The lowest BCUT2D eigenvalue weighted by atomic mass is 9.98. The summed E-state index contributed by atoms with van der Waals surface area (Å²) < 4.78 is 94.7. The number of carboxylic acid groups (broad SMARTS) is 2. The summed E-state index contributed by atoms with van der Waals surface area (Å²) in [6.45, 7) is 2.63. The summed E-state index contributed by atoms with van der Waals surface area (Å²) in [5.41, 5.74) is 2.10. The molecule has 336 valence electrons. The van der Waals surface area contributed by atoms with Crippen molar-refractivity contribution in [1.29, 1.82) is 0 Å². The molecule has 21 heteroatoms. The number of benzene rings is 3. The maximum atomic E-state index is 13.9. The van der Waals surface area contributed by atoms with Crippen molar-refractivity contribution in [3.63, 3.8) is 0 Å². The zero-order chi connectivity index (χ0) is 46.3. The maximum Gasteiger partial charge on any atom is 0.490 e. The minimum Gasteiger partial charge on any atom is -0.504 e. The molecule has 0 spiro atoms. The van der Waals surface area contributed by atoms with Crippen LogP contribution in [0.25, 0.3) is 49.3 Å². The van der Waals surface area contributed by atoms with Crippen LogP contribution in [0.3, 0.4) is 0 Å². The number of phenols is 2. The monoisotopic (exact) mass is 883 g/mol. The Hall–Kier alpha value is -6.61. The van der Waals surface area contributed by atoms with E-state index in [1.54, 1.807) is 40.9 Å². The average molecular weight is 884 g/mol. The number of carbonyl (C=O) groups is 2. The third-order valence-corrected chi connectivity index (χ3v) is 8.89. The Balaban J connectivity index is 0.000000521. The number of alkyl halides is 6. The van der Waals surface area contributed by atoms with Gasteiger partial charge in [0.15, 0.2) is 34.5 Å². The fourth-order valence-corrected chi connectivity index (χ4v) is 6.16. The van der Waals surface area contributed by atoms with E-state index in [4.69, 9.17) is 43.2 Å². The van der Waals surface area contributed by atoms with Crippen LogP contribution in [0.15, 0.2) is 63.9 Å². The van der Waals surface area contributed by atoms with Crippen molar-refractivity contribution in [1.82, 2.24) is 14.2 Å². The first-order valence-corrected chi connectivity index (χ1v) is 18.3. The van der Waals surface area contributed by atoms with Gasteiger partial charge in [-0.3, -0.25) is 0 Å². The Kier molecular flexibility index (Phi) is 15.4. The number of rotatable bonds is 13. The van der Waals surface area contributed by atoms with Gasteiger partial charge < -0.3 is 58.0 Å². The molecule has 0 saturated heterocycles. The summed E-state index contributed by atoms with van der Waals surface area (Å²) in [4.78, 5) is 35.9. The molecule has 0 fully saturated rings. The van der Waals surface area contributed by atoms with E-state index in [1.165, 1.54) is 14.2 Å². The number of hydrogen-bond donors (Lipinski definition) is 4. The van der Waals surface area contributed by atoms with Crippen LogP contribution in [0, 0.1) is 0 Å². The maximum absolute atomic E-state index is 13.9. The molecule has 0 atom stereocenters. The molecule has 0 saturated carbocycles. The zero-order valence-corrected chi connectivity index (χ0v) is 34.1. The number of nitrogens with zero attached hydrogens (tertiary/aromatic N) is 3. The smallest absolute Gasteiger partial charge is 0.490 e. The Labute approximate surface area is 348 Å². The minimum absolute atomic E-state index is 0.00626. The SMILES string of the molecule is COc1ccc(-c2c3c4cc(OCCCN(C)C)c(OCCCN(C)C)cc4oc(=O)c3n3ccc4cc(O)c(OC)cc4c23)cc1O.O=C(O)C(F)(F)F.O=C(O)C(F)(F)F. The molecule has 0 aliphatic carbocycles. The second kappa shape index (κ2) is 19.8. The summed E-state index contributed by atoms with van der Waals surface area (Å²) in [5.74, 6) is -3.94. The lowest BCUT2D eigenvalue weighted by molar-refractivity contribution is -0.193. The van der Waals surface area contributed by atoms with Crippen molar-refractivity contribution in [2.45, 2.75) is 25.2 Å². The van der Waals surface area contributed by atoms with Crippen molar-refractivity contribution >= 4 is 50.1 Å². The van der Waals surface area contributed by atoms with E-state index in [-0.39, 0.29) is 17.2 Å². The lowest BCUT2D eigenvalue weighted by Gasteiger charge is -2.16. The first-order valence-electron chi connectivity index (χ1n) is 18.3. The van der Waals surface area contributed by atoms with Crippen LogP contribution < -0.4 is 24.6 Å². The van der Waals surface area contributed by atoms with E-state index >= 15 is 0 Å². The number of hydrogen-bond acceptors (Lipinski definition) is 12. The molecule has 6 aromatic rings. The largest absolute Gasteiger partial charge is 0.504 e. The number of aromatic hydroxyl groups is 2. The number of carboxylic acids is 2. The van der Waals surface area contributed by atoms with Gasteiger partial charge in [-0.1, -0.05) is 6.07 Å². The second-order valence-electron chi connectivity index (χ2n) is 13.9. The molecule has 6 rings (SSSR count). The van der Waals surface area contributed by atoms with E-state index in [2.05, 4.69) is 9.80 Å². The predicted molar refractivity (Wildman–Crippen MR) is 215 cm³/mol. The number of ether oxygens (including phenoxy) is 4. The molecule has 3 aromatic carbocycles. The molecule has 0 radical (unpaired) electrons. The van der Waals surface area contributed by atoms with Gasteiger partial charge in [0.1, 0.15) is 11.1 Å². The van der Waals surface area contributed by atoms with E-state index in [9.17, 15) is 41.4 Å². The quantitative estimate of drug-likeness (QED) is 0.0510. The fourth-order valence-electron chi connectivity index (χ4n) is 6.16. The molecule has 0 amide bonds. The van der Waals surface area contributed by atoms with Crippen LogP contribution in [-0.4, -0.2) is 128 Å². The van der Waals surface area contributed by atoms with Crippen LogP contribution in [0.1, 0.15) is 12.8 Å². The topological polar surface area (TPSA) is 193 Å². The molecule has 0 aliphatic rings. The highest BCUT2D eigenvalue weighted by atomic mass is 19.4. The van der Waals surface area contributed by atoms with Crippen LogP contribution in [-0.2, 0) is 9.59 Å². The molecule has 62 heavy (non-hydrogen) atoms. The van der Waals surface area contributed by atoms with Gasteiger partial charge in [-0.05, 0) is 88.4 Å². The molecule has 3 heterocycles. The van der Waals surface area contributed by atoms with Crippen molar-refractivity contribution in [2.75, 3.05) is 68.7 Å². The number of aliphatic carboxylic acids is 2. The number of aromatic nitrogens is 1. The van der Waals surface area contributed by atoms with Crippen LogP contribution in [0.2, 0.25) is 0 Å². The second-order valence-corrected chi connectivity index (χ2v) is 13.9. The van der Waals surface area contributed by atoms with Crippen molar-refractivity contribution < 1.29 is 79.7 Å². The van der Waals surface area contributed by atoms with Gasteiger partial charge in [-0.25, -0.2) is 14.4 Å². The van der Waals surface area contributed by atoms with Gasteiger partial charge in [-0.15, -0.1) is 0 Å². The van der Waals surface area contributed by atoms with Gasteiger partial charge in [0, 0.05) is 47.1 Å². The first kappa shape index (κ1) is 48.1. The molecule has 4 N–H and O–H groups in total. The molecular weight excluding hydrogens is 840 g/mol. The highest BCUT2D eigenvalue weighted by Crippen LogP contribution is 2.46. The summed E-state index contributed by atoms with van der Waals surface area (Å²) in [6.07, 6.45) is -6.78. The van der Waals surface area contributed by atoms with Gasteiger partial charge in [-0.2, -0.15) is 26.3 Å². The van der Waals surface area contributed by atoms with Crippen molar-refractivity contribution in [3.8, 4) is 45.6 Å². The van der Waals surface area contributed by atoms with Crippen LogP contribution in [0.4, 0.5) is 26.3 Å². The Bertz CT molecular complexity index is 2600. The highest BCUT2D eigenvalue weighted by Gasteiger charge is 2.39. The Morgan fingerprint density at radius 3 is 1.68 bits per heavy atom. The molecule has 0 unspecified atom stereocenters. The van der Waals surface area contributed by atoms with Gasteiger partial charge in [0.05, 0.1) is 33.0 Å². The normalized spacial score (nSPS) is 11.7. The summed E-state index contributed by atoms with van der Waals surface area (Å²) in [5, 5.41) is 38.5. The highest BCUT2D eigenvalue weighted by molar-refractivity contribution is 6.22. The minimum atomic E-state index is -5.08. The number of phenolic OH excluding ortho intramolecular Hbond substituents is 2. The number of fused-ring (bicyclic) bond motifs is 7. The van der Waals surface area contributed by atoms with E-state index in [0.29, 0.717) is 69.0 Å². The number of halogens is 6. The summed E-state index contributed by atoms with van der Waals surface area (Å²) >= 11 is 0.